The molecule has 0 bridgehead atoms. The van der Waals surface area contributed by atoms with Gasteiger partial charge in [-0.15, -0.1) is 0 Å². The molecule has 1 aromatic heterocycles. The Balaban J connectivity index is 2.83. The normalized spacial score (nSPS) is 12.6. The van der Waals surface area contributed by atoms with Crippen molar-refractivity contribution in [3.8, 4) is 0 Å². The smallest absolute Gasteiger partial charge is 0.111 e. The molecule has 0 aliphatic carbocycles. The monoisotopic (exact) mass is 266 g/mol. The zero-order valence-electron chi connectivity index (χ0n) is 13.2. The molecule has 0 atom stereocenters. The maximum atomic E-state index is 11.0. The molecule has 0 amide bonds. The maximum Gasteiger partial charge on any atom is 0.111 e. The molecular weight excluding hydrogens is 236 g/mol. The van der Waals surface area contributed by atoms with Gasteiger partial charge in [-0.3, -0.25) is 0 Å². The van der Waals surface area contributed by atoms with Crippen LogP contribution in [0, 0.1) is 11.8 Å². The highest BCUT2D eigenvalue weighted by atomic mass is 16.3. The fourth-order valence-corrected chi connectivity index (χ4v) is 2.99. The predicted molar refractivity (Wildman–Crippen MR) is 80.1 cm³/mol. The van der Waals surface area contributed by atoms with Crippen LogP contribution in [-0.4, -0.2) is 20.3 Å². The molecule has 1 rings (SSSR count). The third kappa shape index (κ3) is 5.35. The van der Waals surface area contributed by atoms with Crippen LogP contribution in [0.5, 0.6) is 0 Å². The molecule has 3 nitrogen and oxygen atoms in total. The molecule has 0 aliphatic rings. The molecule has 1 heterocycles. The molecule has 1 aromatic rings. The molecule has 0 unspecified atom stereocenters. The highest BCUT2D eigenvalue weighted by molar-refractivity contribution is 4.99. The molecule has 110 valence electrons. The average Bonchev–Trinajstić information content (AvgIpc) is 2.62. The van der Waals surface area contributed by atoms with Gasteiger partial charge in [0.1, 0.15) is 5.82 Å². The van der Waals surface area contributed by atoms with Gasteiger partial charge in [0.25, 0.3) is 0 Å². The Hall–Kier alpha value is -0.830. The average molecular weight is 266 g/mol. The number of rotatable bonds is 8. The Morgan fingerprint density at radius 2 is 1.79 bits per heavy atom. The summed E-state index contributed by atoms with van der Waals surface area (Å²) < 4.78 is 2.17. The number of hydrogen-bond acceptors (Lipinski definition) is 2. The molecule has 0 saturated carbocycles. The van der Waals surface area contributed by atoms with Crippen molar-refractivity contribution in [3.05, 3.63) is 18.2 Å². The largest absolute Gasteiger partial charge is 0.389 e. The lowest BCUT2D eigenvalue weighted by Crippen LogP contribution is -2.36. The van der Waals surface area contributed by atoms with Crippen molar-refractivity contribution in [2.24, 2.45) is 11.8 Å². The summed E-state index contributed by atoms with van der Waals surface area (Å²) in [5, 5.41) is 11.0. The zero-order chi connectivity index (χ0) is 14.5. The summed E-state index contributed by atoms with van der Waals surface area (Å²) in [7, 11) is 0. The van der Waals surface area contributed by atoms with E-state index in [2.05, 4.69) is 44.2 Å². The van der Waals surface area contributed by atoms with E-state index in [1.807, 2.05) is 12.4 Å². The number of aryl methyl sites for hydroxylation is 1. The number of hydrogen-bond donors (Lipinski definition) is 1. The van der Waals surface area contributed by atoms with Crippen LogP contribution in [0.1, 0.15) is 59.7 Å². The predicted octanol–water partition coefficient (Wildman–Crippen LogP) is 3.66. The Morgan fingerprint density at radius 3 is 2.26 bits per heavy atom. The SMILES string of the molecule is CCCn1ccnc1CC(O)(CC(C)C)CC(C)C. The van der Waals surface area contributed by atoms with Crippen molar-refractivity contribution in [3.63, 3.8) is 0 Å². The third-order valence-electron chi connectivity index (χ3n) is 3.33. The molecule has 0 aliphatic heterocycles. The highest BCUT2D eigenvalue weighted by Crippen LogP contribution is 2.28. The standard InChI is InChI=1S/C16H30N2O/c1-6-8-18-9-7-17-15(18)12-16(19,10-13(2)3)11-14(4)5/h7,9,13-14,19H,6,8,10-12H2,1-5H3. The van der Waals surface area contributed by atoms with Crippen molar-refractivity contribution in [2.45, 2.75) is 72.4 Å². The van der Waals surface area contributed by atoms with E-state index in [4.69, 9.17) is 0 Å². The third-order valence-corrected chi connectivity index (χ3v) is 3.33. The van der Waals surface area contributed by atoms with Crippen molar-refractivity contribution < 1.29 is 5.11 Å². The first kappa shape index (κ1) is 16.2. The lowest BCUT2D eigenvalue weighted by molar-refractivity contribution is -0.00162. The van der Waals surface area contributed by atoms with Gasteiger partial charge < -0.3 is 9.67 Å². The second-order valence-electron chi connectivity index (χ2n) is 6.63. The van der Waals surface area contributed by atoms with Crippen LogP contribution in [0.4, 0.5) is 0 Å². The van der Waals surface area contributed by atoms with E-state index in [-0.39, 0.29) is 0 Å². The molecule has 0 radical (unpaired) electrons. The summed E-state index contributed by atoms with van der Waals surface area (Å²) in [6.07, 6.45) is 7.29. The van der Waals surface area contributed by atoms with Crippen LogP contribution < -0.4 is 0 Å². The van der Waals surface area contributed by atoms with E-state index in [0.717, 1.165) is 31.6 Å². The summed E-state index contributed by atoms with van der Waals surface area (Å²) in [6.45, 7) is 11.8. The molecule has 0 spiro atoms. The summed E-state index contributed by atoms with van der Waals surface area (Å²) in [5.74, 6) is 2.02. The van der Waals surface area contributed by atoms with Crippen LogP contribution in [0.2, 0.25) is 0 Å². The molecule has 3 heteroatoms. The first-order chi connectivity index (χ1) is 8.86. The van der Waals surface area contributed by atoms with Gasteiger partial charge in [0.05, 0.1) is 5.60 Å². The Labute approximate surface area is 118 Å². The van der Waals surface area contributed by atoms with Gasteiger partial charge in [0.2, 0.25) is 0 Å². The lowest BCUT2D eigenvalue weighted by atomic mass is 9.82. The molecule has 1 N–H and O–H groups in total. The van der Waals surface area contributed by atoms with Crippen molar-refractivity contribution >= 4 is 0 Å². The topological polar surface area (TPSA) is 38.0 Å². The van der Waals surface area contributed by atoms with E-state index >= 15 is 0 Å². The van der Waals surface area contributed by atoms with Crippen LogP contribution in [-0.2, 0) is 13.0 Å². The van der Waals surface area contributed by atoms with Crippen LogP contribution in [0.25, 0.3) is 0 Å². The van der Waals surface area contributed by atoms with Gasteiger partial charge in [-0.2, -0.15) is 0 Å². The van der Waals surface area contributed by atoms with E-state index in [9.17, 15) is 5.11 Å². The van der Waals surface area contributed by atoms with Gasteiger partial charge >= 0.3 is 0 Å². The minimum absolute atomic E-state index is 0.498. The van der Waals surface area contributed by atoms with E-state index < -0.39 is 5.60 Å². The van der Waals surface area contributed by atoms with Crippen molar-refractivity contribution in [2.75, 3.05) is 0 Å². The Bertz CT molecular complexity index is 359. The minimum atomic E-state index is -0.626. The Kier molecular flexibility index (Phi) is 6.05. The highest BCUT2D eigenvalue weighted by Gasteiger charge is 2.30. The van der Waals surface area contributed by atoms with Crippen LogP contribution in [0.15, 0.2) is 12.4 Å². The van der Waals surface area contributed by atoms with Gasteiger partial charge in [0.15, 0.2) is 0 Å². The fourth-order valence-electron chi connectivity index (χ4n) is 2.99. The molecule has 0 fully saturated rings. The van der Waals surface area contributed by atoms with Crippen LogP contribution in [0.3, 0.4) is 0 Å². The first-order valence-corrected chi connectivity index (χ1v) is 7.58. The first-order valence-electron chi connectivity index (χ1n) is 7.58. The van der Waals surface area contributed by atoms with Gasteiger partial charge in [-0.05, 0) is 31.1 Å². The van der Waals surface area contributed by atoms with E-state index in [1.54, 1.807) is 0 Å². The van der Waals surface area contributed by atoms with Gasteiger partial charge in [-0.1, -0.05) is 34.6 Å². The second kappa shape index (κ2) is 7.09. The van der Waals surface area contributed by atoms with E-state index in [1.165, 1.54) is 0 Å². The summed E-state index contributed by atoms with van der Waals surface area (Å²) in [6, 6.07) is 0. The molecule has 19 heavy (non-hydrogen) atoms. The van der Waals surface area contributed by atoms with E-state index in [0.29, 0.717) is 18.3 Å². The molecule has 0 saturated heterocycles. The van der Waals surface area contributed by atoms with Gasteiger partial charge in [-0.25, -0.2) is 4.98 Å². The molecular formula is C16H30N2O. The lowest BCUT2D eigenvalue weighted by Gasteiger charge is -2.31. The van der Waals surface area contributed by atoms with Crippen molar-refractivity contribution in [1.29, 1.82) is 0 Å². The zero-order valence-corrected chi connectivity index (χ0v) is 13.2. The molecule has 0 aromatic carbocycles. The van der Waals surface area contributed by atoms with Gasteiger partial charge in [0, 0.05) is 25.4 Å². The Morgan fingerprint density at radius 1 is 1.21 bits per heavy atom. The second-order valence-corrected chi connectivity index (χ2v) is 6.63. The number of imidazole rings is 1. The summed E-state index contributed by atoms with van der Waals surface area (Å²) >= 11 is 0. The summed E-state index contributed by atoms with van der Waals surface area (Å²) in [5.41, 5.74) is -0.626. The number of aliphatic hydroxyl groups is 1. The summed E-state index contributed by atoms with van der Waals surface area (Å²) in [4.78, 5) is 4.44. The van der Waals surface area contributed by atoms with Crippen LogP contribution >= 0.6 is 0 Å². The maximum absolute atomic E-state index is 11.0. The fraction of sp³-hybridized carbons (Fsp3) is 0.812. The number of aromatic nitrogens is 2. The van der Waals surface area contributed by atoms with Crippen molar-refractivity contribution in [1.82, 2.24) is 9.55 Å². The number of nitrogens with zero attached hydrogens (tertiary/aromatic N) is 2. The quantitative estimate of drug-likeness (QED) is 0.780. The minimum Gasteiger partial charge on any atom is -0.389 e.